The van der Waals surface area contributed by atoms with Crippen molar-refractivity contribution < 1.29 is 14.3 Å². The summed E-state index contributed by atoms with van der Waals surface area (Å²) in [4.78, 5) is 10.8. The minimum absolute atomic E-state index is 0.252. The zero-order valence-electron chi connectivity index (χ0n) is 10.3. The van der Waals surface area contributed by atoms with E-state index in [2.05, 4.69) is 26.1 Å². The standard InChI is InChI=1S/C13H18FNO2/c1-4-12(8(2)3)15-9-5-6-11(14)10(7-9)13(16)17/h5-8,12,15H,4H2,1-3H3,(H,16,17). The van der Waals surface area contributed by atoms with Gasteiger partial charge >= 0.3 is 5.97 Å². The van der Waals surface area contributed by atoms with Crippen LogP contribution in [-0.2, 0) is 0 Å². The van der Waals surface area contributed by atoms with Crippen molar-refractivity contribution in [2.75, 3.05) is 5.32 Å². The monoisotopic (exact) mass is 239 g/mol. The molecule has 3 nitrogen and oxygen atoms in total. The van der Waals surface area contributed by atoms with E-state index in [1.807, 2.05) is 0 Å². The second-order valence-corrected chi connectivity index (χ2v) is 4.40. The number of anilines is 1. The fraction of sp³-hybridized carbons (Fsp3) is 0.462. The first kappa shape index (κ1) is 13.5. The van der Waals surface area contributed by atoms with E-state index in [4.69, 9.17) is 5.11 Å². The van der Waals surface area contributed by atoms with E-state index in [1.165, 1.54) is 12.1 Å². The maximum atomic E-state index is 13.2. The van der Waals surface area contributed by atoms with E-state index in [9.17, 15) is 9.18 Å². The number of hydrogen-bond acceptors (Lipinski definition) is 2. The number of halogens is 1. The fourth-order valence-corrected chi connectivity index (χ4v) is 1.73. The van der Waals surface area contributed by atoms with Crippen molar-refractivity contribution >= 4 is 11.7 Å². The van der Waals surface area contributed by atoms with E-state index in [1.54, 1.807) is 6.07 Å². The molecule has 4 heteroatoms. The predicted molar refractivity (Wildman–Crippen MR) is 65.9 cm³/mol. The average molecular weight is 239 g/mol. The molecule has 0 bridgehead atoms. The van der Waals surface area contributed by atoms with Crippen LogP contribution in [0.1, 0.15) is 37.6 Å². The molecule has 1 aromatic rings. The number of hydrogen-bond donors (Lipinski definition) is 2. The highest BCUT2D eigenvalue weighted by molar-refractivity contribution is 5.89. The van der Waals surface area contributed by atoms with Gasteiger partial charge in [0.25, 0.3) is 0 Å². The zero-order chi connectivity index (χ0) is 13.0. The molecule has 0 fully saturated rings. The van der Waals surface area contributed by atoms with Crippen LogP contribution < -0.4 is 5.32 Å². The average Bonchev–Trinajstić information content (AvgIpc) is 2.27. The van der Waals surface area contributed by atoms with Crippen LogP contribution in [0.5, 0.6) is 0 Å². The molecule has 1 rings (SSSR count). The van der Waals surface area contributed by atoms with Gasteiger partial charge in [0.2, 0.25) is 0 Å². The molecule has 0 amide bonds. The van der Waals surface area contributed by atoms with Gasteiger partial charge in [0, 0.05) is 11.7 Å². The highest BCUT2D eigenvalue weighted by Crippen LogP contribution is 2.18. The first-order valence-electron chi connectivity index (χ1n) is 5.75. The van der Waals surface area contributed by atoms with Gasteiger partial charge in [0.1, 0.15) is 5.82 Å². The molecule has 0 heterocycles. The van der Waals surface area contributed by atoms with Gasteiger partial charge in [-0.05, 0) is 30.5 Å². The van der Waals surface area contributed by atoms with E-state index >= 15 is 0 Å². The molecule has 1 atom stereocenters. The Morgan fingerprint density at radius 2 is 2.12 bits per heavy atom. The van der Waals surface area contributed by atoms with Crippen molar-refractivity contribution in [2.24, 2.45) is 5.92 Å². The number of benzene rings is 1. The second-order valence-electron chi connectivity index (χ2n) is 4.40. The maximum Gasteiger partial charge on any atom is 0.338 e. The van der Waals surface area contributed by atoms with Crippen molar-refractivity contribution in [3.63, 3.8) is 0 Å². The SMILES string of the molecule is CCC(Nc1ccc(F)c(C(=O)O)c1)C(C)C. The van der Waals surface area contributed by atoms with Gasteiger partial charge in [-0.2, -0.15) is 0 Å². The van der Waals surface area contributed by atoms with E-state index in [-0.39, 0.29) is 11.6 Å². The van der Waals surface area contributed by atoms with Crippen LogP contribution in [0.4, 0.5) is 10.1 Å². The number of nitrogens with one attached hydrogen (secondary N) is 1. The Kier molecular flexibility index (Phi) is 4.49. The van der Waals surface area contributed by atoms with Crippen molar-refractivity contribution in [3.8, 4) is 0 Å². The summed E-state index contributed by atoms with van der Waals surface area (Å²) in [5.41, 5.74) is 0.345. The van der Waals surface area contributed by atoms with Gasteiger partial charge < -0.3 is 10.4 Å². The van der Waals surface area contributed by atoms with Crippen LogP contribution in [0.3, 0.4) is 0 Å². The Morgan fingerprint density at radius 3 is 2.59 bits per heavy atom. The Bertz CT molecular complexity index is 404. The van der Waals surface area contributed by atoms with Crippen molar-refractivity contribution in [2.45, 2.75) is 33.2 Å². The lowest BCUT2D eigenvalue weighted by molar-refractivity contribution is 0.0692. The first-order chi connectivity index (χ1) is 7.95. The summed E-state index contributed by atoms with van der Waals surface area (Å²) in [6, 6.07) is 4.33. The molecule has 0 radical (unpaired) electrons. The summed E-state index contributed by atoms with van der Waals surface area (Å²) in [5, 5.41) is 12.0. The quantitative estimate of drug-likeness (QED) is 0.828. The van der Waals surface area contributed by atoms with Crippen LogP contribution in [0.2, 0.25) is 0 Å². The molecule has 0 spiro atoms. The molecule has 1 aromatic carbocycles. The minimum Gasteiger partial charge on any atom is -0.478 e. The molecule has 1 unspecified atom stereocenters. The van der Waals surface area contributed by atoms with E-state index in [0.29, 0.717) is 11.6 Å². The molecular formula is C13H18FNO2. The zero-order valence-corrected chi connectivity index (χ0v) is 10.3. The lowest BCUT2D eigenvalue weighted by Gasteiger charge is -2.22. The number of carboxylic acids is 1. The number of carbonyl (C=O) groups is 1. The van der Waals surface area contributed by atoms with Crippen LogP contribution >= 0.6 is 0 Å². The number of carboxylic acid groups (broad SMARTS) is 1. The molecule has 0 saturated carbocycles. The summed E-state index contributed by atoms with van der Waals surface area (Å²) in [6.07, 6.45) is 0.928. The van der Waals surface area contributed by atoms with Gasteiger partial charge in [0.15, 0.2) is 0 Å². The lowest BCUT2D eigenvalue weighted by Crippen LogP contribution is -2.24. The fourth-order valence-electron chi connectivity index (χ4n) is 1.73. The molecule has 0 saturated heterocycles. The molecule has 0 aliphatic heterocycles. The molecule has 0 aromatic heterocycles. The molecule has 17 heavy (non-hydrogen) atoms. The topological polar surface area (TPSA) is 49.3 Å². The third kappa shape index (κ3) is 3.44. The summed E-state index contributed by atoms with van der Waals surface area (Å²) in [6.45, 7) is 6.23. The largest absolute Gasteiger partial charge is 0.478 e. The van der Waals surface area contributed by atoms with Gasteiger partial charge in [-0.1, -0.05) is 20.8 Å². The van der Waals surface area contributed by atoms with Gasteiger partial charge in [0.05, 0.1) is 5.56 Å². The Morgan fingerprint density at radius 1 is 1.47 bits per heavy atom. The Labute approximate surface area is 101 Å². The smallest absolute Gasteiger partial charge is 0.338 e. The van der Waals surface area contributed by atoms with E-state index in [0.717, 1.165) is 6.42 Å². The first-order valence-corrected chi connectivity index (χ1v) is 5.75. The third-order valence-electron chi connectivity index (χ3n) is 2.79. The van der Waals surface area contributed by atoms with Gasteiger partial charge in [-0.15, -0.1) is 0 Å². The van der Waals surface area contributed by atoms with Crippen molar-refractivity contribution in [1.82, 2.24) is 0 Å². The third-order valence-corrected chi connectivity index (χ3v) is 2.79. The Balaban J connectivity index is 2.92. The van der Waals surface area contributed by atoms with Crippen molar-refractivity contribution in [3.05, 3.63) is 29.6 Å². The highest BCUT2D eigenvalue weighted by atomic mass is 19.1. The summed E-state index contributed by atoms with van der Waals surface area (Å²) < 4.78 is 13.2. The molecule has 0 aliphatic rings. The maximum absolute atomic E-state index is 13.2. The molecule has 0 aliphatic carbocycles. The van der Waals surface area contributed by atoms with E-state index < -0.39 is 11.8 Å². The minimum atomic E-state index is -1.25. The van der Waals surface area contributed by atoms with Crippen LogP contribution in [0.15, 0.2) is 18.2 Å². The molecular weight excluding hydrogens is 221 g/mol. The lowest BCUT2D eigenvalue weighted by atomic mass is 10.0. The summed E-state index contributed by atoms with van der Waals surface area (Å²) >= 11 is 0. The van der Waals surface area contributed by atoms with Crippen LogP contribution in [0, 0.1) is 11.7 Å². The van der Waals surface area contributed by atoms with Gasteiger partial charge in [-0.25, -0.2) is 9.18 Å². The van der Waals surface area contributed by atoms with Crippen LogP contribution in [0.25, 0.3) is 0 Å². The molecule has 2 N–H and O–H groups in total. The van der Waals surface area contributed by atoms with Gasteiger partial charge in [-0.3, -0.25) is 0 Å². The number of aromatic carboxylic acids is 1. The van der Waals surface area contributed by atoms with Crippen molar-refractivity contribution in [1.29, 1.82) is 0 Å². The number of rotatable bonds is 5. The summed E-state index contributed by atoms with van der Waals surface area (Å²) in [7, 11) is 0. The summed E-state index contributed by atoms with van der Waals surface area (Å²) in [5.74, 6) is -1.53. The van der Waals surface area contributed by atoms with Crippen LogP contribution in [-0.4, -0.2) is 17.1 Å². The second kappa shape index (κ2) is 5.66. The highest BCUT2D eigenvalue weighted by Gasteiger charge is 2.14. The molecule has 94 valence electrons. The normalized spacial score (nSPS) is 12.5. The Hall–Kier alpha value is -1.58. The predicted octanol–water partition coefficient (Wildman–Crippen LogP) is 3.37.